The molecule has 0 bridgehead atoms. The number of amides is 1. The van der Waals surface area contributed by atoms with Gasteiger partial charge < -0.3 is 15.4 Å². The van der Waals surface area contributed by atoms with Crippen LogP contribution in [0.25, 0.3) is 16.9 Å². The van der Waals surface area contributed by atoms with Crippen LogP contribution in [0.5, 0.6) is 5.75 Å². The van der Waals surface area contributed by atoms with Crippen LogP contribution in [-0.2, 0) is 4.79 Å². The summed E-state index contributed by atoms with van der Waals surface area (Å²) in [6.07, 6.45) is 1.97. The number of ether oxygens (including phenoxy) is 1. The summed E-state index contributed by atoms with van der Waals surface area (Å²) in [4.78, 5) is 15.9. The molecule has 3 rings (SSSR count). The summed E-state index contributed by atoms with van der Waals surface area (Å²) in [6, 6.07) is 13.4. The van der Waals surface area contributed by atoms with Gasteiger partial charge in [-0.2, -0.15) is 0 Å². The summed E-state index contributed by atoms with van der Waals surface area (Å²) in [7, 11) is 3.46. The number of carbonyl (C=O) groups is 1. The lowest BCUT2D eigenvalue weighted by Crippen LogP contribution is -2.24. The molecular weight excluding hydrogens is 292 g/mol. The van der Waals surface area contributed by atoms with Gasteiger partial charge in [0.05, 0.1) is 0 Å². The normalized spacial score (nSPS) is 10.5. The molecule has 1 aromatic carbocycles. The fourth-order valence-electron chi connectivity index (χ4n) is 2.37. The Hall–Kier alpha value is -3.02. The summed E-state index contributed by atoms with van der Waals surface area (Å²) in [5.41, 5.74) is 2.73. The first-order chi connectivity index (χ1) is 11.2. The summed E-state index contributed by atoms with van der Waals surface area (Å²) in [5.74, 6) is 1.42. The van der Waals surface area contributed by atoms with E-state index in [0.29, 0.717) is 5.75 Å². The van der Waals surface area contributed by atoms with Crippen molar-refractivity contribution < 1.29 is 9.53 Å². The van der Waals surface area contributed by atoms with Crippen LogP contribution in [0.3, 0.4) is 0 Å². The van der Waals surface area contributed by atoms with Crippen molar-refractivity contribution >= 4 is 17.4 Å². The minimum Gasteiger partial charge on any atom is -0.484 e. The zero-order valence-corrected chi connectivity index (χ0v) is 13.0. The number of carbonyl (C=O) groups excluding carboxylic acids is 1. The van der Waals surface area contributed by atoms with Crippen molar-refractivity contribution in [3.05, 3.63) is 48.7 Å². The number of aromatic nitrogens is 2. The first-order valence-electron chi connectivity index (χ1n) is 7.31. The van der Waals surface area contributed by atoms with Crippen molar-refractivity contribution in [3.63, 3.8) is 0 Å². The molecule has 0 unspecified atom stereocenters. The zero-order chi connectivity index (χ0) is 16.2. The molecule has 2 heterocycles. The number of hydrogen-bond donors (Lipinski definition) is 2. The third kappa shape index (κ3) is 2.96. The maximum Gasteiger partial charge on any atom is 0.257 e. The third-order valence-electron chi connectivity index (χ3n) is 3.54. The van der Waals surface area contributed by atoms with E-state index in [1.54, 1.807) is 7.05 Å². The minimum atomic E-state index is -0.160. The molecule has 0 spiro atoms. The van der Waals surface area contributed by atoms with E-state index in [0.717, 1.165) is 22.7 Å². The van der Waals surface area contributed by atoms with Gasteiger partial charge in [0.2, 0.25) is 0 Å². The molecule has 3 aromatic rings. The smallest absolute Gasteiger partial charge is 0.257 e. The number of benzene rings is 1. The van der Waals surface area contributed by atoms with Gasteiger partial charge in [0.1, 0.15) is 22.9 Å². The molecule has 2 N–H and O–H groups in total. The Kier molecular flexibility index (Phi) is 4.14. The quantitative estimate of drug-likeness (QED) is 0.758. The number of pyridine rings is 1. The number of nitrogens with zero attached hydrogens (tertiary/aromatic N) is 2. The number of likely N-dealkylation sites (N-methyl/N-ethyl adjacent to an activating group) is 1. The Morgan fingerprint density at radius 1 is 1.17 bits per heavy atom. The highest BCUT2D eigenvalue weighted by atomic mass is 16.5. The molecule has 2 aromatic heterocycles. The van der Waals surface area contributed by atoms with Crippen molar-refractivity contribution in [1.82, 2.24) is 14.7 Å². The molecule has 0 aliphatic carbocycles. The summed E-state index contributed by atoms with van der Waals surface area (Å²) in [6.45, 7) is 0.00593. The molecule has 6 nitrogen and oxygen atoms in total. The van der Waals surface area contributed by atoms with Gasteiger partial charge in [-0.15, -0.1) is 0 Å². The first-order valence-corrected chi connectivity index (χ1v) is 7.31. The topological polar surface area (TPSA) is 67.7 Å². The highest BCUT2D eigenvalue weighted by Gasteiger charge is 2.12. The maximum absolute atomic E-state index is 11.2. The lowest BCUT2D eigenvalue weighted by molar-refractivity contribution is -0.122. The standard InChI is InChI=1S/C17H18N4O2/c1-18-15(22)11-23-13-8-6-12(7-9-13)16-17(19-2)21-10-4-3-5-14(21)20-16/h3-10,19H,11H2,1-2H3,(H,18,22). The van der Waals surface area contributed by atoms with Crippen LogP contribution in [0.15, 0.2) is 48.7 Å². The third-order valence-corrected chi connectivity index (χ3v) is 3.54. The predicted octanol–water partition coefficient (Wildman–Crippen LogP) is 2.17. The molecule has 23 heavy (non-hydrogen) atoms. The number of nitrogens with one attached hydrogen (secondary N) is 2. The monoisotopic (exact) mass is 310 g/mol. The van der Waals surface area contributed by atoms with E-state index in [1.165, 1.54) is 0 Å². The Balaban J connectivity index is 1.89. The molecule has 1 amide bonds. The van der Waals surface area contributed by atoms with Crippen LogP contribution >= 0.6 is 0 Å². The van der Waals surface area contributed by atoms with Gasteiger partial charge in [0.25, 0.3) is 5.91 Å². The Morgan fingerprint density at radius 3 is 2.65 bits per heavy atom. The largest absolute Gasteiger partial charge is 0.484 e. The van der Waals surface area contributed by atoms with E-state index in [4.69, 9.17) is 4.74 Å². The van der Waals surface area contributed by atoms with Gasteiger partial charge in [-0.1, -0.05) is 6.07 Å². The van der Waals surface area contributed by atoms with Gasteiger partial charge >= 0.3 is 0 Å². The molecule has 0 fully saturated rings. The fraction of sp³-hybridized carbons (Fsp3) is 0.176. The van der Waals surface area contributed by atoms with Crippen molar-refractivity contribution in [3.8, 4) is 17.0 Å². The number of fused-ring (bicyclic) bond motifs is 1. The highest BCUT2D eigenvalue weighted by Crippen LogP contribution is 2.29. The highest BCUT2D eigenvalue weighted by molar-refractivity contribution is 5.78. The minimum absolute atomic E-state index is 0.00593. The Labute approximate surface area is 134 Å². The average Bonchev–Trinajstić information content (AvgIpc) is 2.98. The molecule has 0 aliphatic heterocycles. The molecular formula is C17H18N4O2. The molecule has 118 valence electrons. The van der Waals surface area contributed by atoms with Crippen LogP contribution in [0.2, 0.25) is 0 Å². The number of anilines is 1. The molecule has 0 saturated heterocycles. The van der Waals surface area contributed by atoms with Crippen LogP contribution in [0.4, 0.5) is 5.82 Å². The van der Waals surface area contributed by atoms with E-state index in [2.05, 4.69) is 15.6 Å². The fourth-order valence-corrected chi connectivity index (χ4v) is 2.37. The predicted molar refractivity (Wildman–Crippen MR) is 89.7 cm³/mol. The van der Waals surface area contributed by atoms with Crippen LogP contribution in [0, 0.1) is 0 Å². The van der Waals surface area contributed by atoms with Crippen LogP contribution in [0.1, 0.15) is 0 Å². The van der Waals surface area contributed by atoms with Crippen molar-refractivity contribution in [1.29, 1.82) is 0 Å². The van der Waals surface area contributed by atoms with E-state index < -0.39 is 0 Å². The molecule has 0 radical (unpaired) electrons. The second-order valence-electron chi connectivity index (χ2n) is 4.97. The Morgan fingerprint density at radius 2 is 1.96 bits per heavy atom. The molecule has 0 saturated carbocycles. The van der Waals surface area contributed by atoms with Gasteiger partial charge in [0, 0.05) is 25.9 Å². The van der Waals surface area contributed by atoms with Crippen LogP contribution < -0.4 is 15.4 Å². The zero-order valence-electron chi connectivity index (χ0n) is 13.0. The summed E-state index contributed by atoms with van der Waals surface area (Å²) >= 11 is 0. The van der Waals surface area contributed by atoms with Crippen molar-refractivity contribution in [2.75, 3.05) is 26.0 Å². The number of imidazole rings is 1. The van der Waals surface area contributed by atoms with Gasteiger partial charge in [-0.25, -0.2) is 4.98 Å². The maximum atomic E-state index is 11.2. The summed E-state index contributed by atoms with van der Waals surface area (Å²) in [5, 5.41) is 5.71. The van der Waals surface area contributed by atoms with Gasteiger partial charge in [-0.05, 0) is 36.4 Å². The van der Waals surface area contributed by atoms with Gasteiger partial charge in [0.15, 0.2) is 6.61 Å². The number of hydrogen-bond acceptors (Lipinski definition) is 4. The number of rotatable bonds is 5. The second kappa shape index (κ2) is 6.39. The average molecular weight is 310 g/mol. The molecule has 0 aliphatic rings. The van der Waals surface area contributed by atoms with Crippen molar-refractivity contribution in [2.45, 2.75) is 0 Å². The van der Waals surface area contributed by atoms with E-state index in [9.17, 15) is 4.79 Å². The van der Waals surface area contributed by atoms with E-state index in [1.807, 2.05) is 60.1 Å². The summed E-state index contributed by atoms with van der Waals surface area (Å²) < 4.78 is 7.42. The molecule has 0 atom stereocenters. The second-order valence-corrected chi connectivity index (χ2v) is 4.97. The lowest BCUT2D eigenvalue weighted by Gasteiger charge is -2.07. The van der Waals surface area contributed by atoms with E-state index in [-0.39, 0.29) is 12.5 Å². The van der Waals surface area contributed by atoms with Gasteiger partial charge in [-0.3, -0.25) is 9.20 Å². The first kappa shape index (κ1) is 14.9. The lowest BCUT2D eigenvalue weighted by atomic mass is 10.1. The Bertz CT molecular complexity index is 824. The van der Waals surface area contributed by atoms with Crippen molar-refractivity contribution in [2.24, 2.45) is 0 Å². The SMILES string of the molecule is CNC(=O)COc1ccc(-c2nc3ccccn3c2NC)cc1. The van der Waals surface area contributed by atoms with Crippen LogP contribution in [-0.4, -0.2) is 36.0 Å². The molecule has 6 heteroatoms. The van der Waals surface area contributed by atoms with E-state index >= 15 is 0 Å².